The van der Waals surface area contributed by atoms with Gasteiger partial charge in [0.2, 0.25) is 0 Å². The summed E-state index contributed by atoms with van der Waals surface area (Å²) in [6.45, 7) is 4.53. The van der Waals surface area contributed by atoms with Crippen molar-refractivity contribution in [1.82, 2.24) is 0 Å². The van der Waals surface area contributed by atoms with Gasteiger partial charge in [-0.3, -0.25) is 0 Å². The third kappa shape index (κ3) is 3.67. The molecular weight excluding hydrogens is 259 g/mol. The first kappa shape index (κ1) is 15.9. The molecule has 0 aromatic heterocycles. The zero-order valence-corrected chi connectivity index (χ0v) is 14.1. The van der Waals surface area contributed by atoms with Crippen LogP contribution in [0.3, 0.4) is 0 Å². The van der Waals surface area contributed by atoms with Crippen LogP contribution in [-0.4, -0.2) is 19.3 Å². The Bertz CT molecular complexity index is 284. The zero-order valence-electron chi connectivity index (χ0n) is 14.1. The van der Waals surface area contributed by atoms with Crippen molar-refractivity contribution in [3.8, 4) is 0 Å². The van der Waals surface area contributed by atoms with Crippen LogP contribution in [-0.2, 0) is 9.31 Å². The van der Waals surface area contributed by atoms with Gasteiger partial charge in [0.1, 0.15) is 0 Å². The van der Waals surface area contributed by atoms with Gasteiger partial charge >= 0.3 is 7.12 Å². The fraction of sp³-hybridized carbons (Fsp3) is 1.00. The minimum absolute atomic E-state index is 0.0638. The highest BCUT2D eigenvalue weighted by molar-refractivity contribution is 6.47. The Morgan fingerprint density at radius 1 is 0.810 bits per heavy atom. The molecule has 0 N–H and O–H groups in total. The first-order valence-electron chi connectivity index (χ1n) is 9.60. The van der Waals surface area contributed by atoms with E-state index in [1.807, 2.05) is 0 Å². The summed E-state index contributed by atoms with van der Waals surface area (Å²) in [4.78, 5) is 0. The van der Waals surface area contributed by atoms with Crippen molar-refractivity contribution in [2.45, 2.75) is 103 Å². The van der Waals surface area contributed by atoms with E-state index >= 15 is 0 Å². The lowest BCUT2D eigenvalue weighted by Gasteiger charge is -2.35. The number of hydrogen-bond acceptors (Lipinski definition) is 2. The Morgan fingerprint density at radius 2 is 1.24 bits per heavy atom. The van der Waals surface area contributed by atoms with E-state index < -0.39 is 0 Å². The van der Waals surface area contributed by atoms with Gasteiger partial charge in [0.25, 0.3) is 0 Å². The molecule has 120 valence electrons. The van der Waals surface area contributed by atoms with Crippen molar-refractivity contribution >= 4 is 7.12 Å². The molecule has 1 heterocycles. The average Bonchev–Trinajstić information content (AvgIpc) is 3.01. The van der Waals surface area contributed by atoms with E-state index in [1.54, 1.807) is 0 Å². The number of rotatable bonds is 4. The van der Waals surface area contributed by atoms with Crippen molar-refractivity contribution in [3.63, 3.8) is 0 Å². The molecule has 3 heteroatoms. The Balaban J connectivity index is 1.69. The first-order valence-corrected chi connectivity index (χ1v) is 9.60. The van der Waals surface area contributed by atoms with E-state index in [0.29, 0.717) is 18.0 Å². The Morgan fingerprint density at radius 3 is 1.62 bits per heavy atom. The van der Waals surface area contributed by atoms with Crippen molar-refractivity contribution in [1.29, 1.82) is 0 Å². The van der Waals surface area contributed by atoms with Crippen LogP contribution < -0.4 is 0 Å². The molecule has 1 aliphatic heterocycles. The topological polar surface area (TPSA) is 18.5 Å². The van der Waals surface area contributed by atoms with Gasteiger partial charge in [-0.25, -0.2) is 0 Å². The van der Waals surface area contributed by atoms with E-state index in [2.05, 4.69) is 13.8 Å². The molecule has 21 heavy (non-hydrogen) atoms. The zero-order chi connectivity index (χ0) is 14.7. The quantitative estimate of drug-likeness (QED) is 0.661. The molecule has 0 aromatic carbocycles. The predicted molar refractivity (Wildman–Crippen MR) is 88.4 cm³/mol. The molecule has 2 nitrogen and oxygen atoms in total. The second-order valence-electron chi connectivity index (χ2n) is 7.75. The lowest BCUT2D eigenvalue weighted by molar-refractivity contribution is 0.0324. The summed E-state index contributed by atoms with van der Waals surface area (Å²) in [5.74, 6) is 2.06. The SMILES string of the molecule is CC[C@@H](C)B1O[C@H](C2CCCCC2)[C@@H](C2CCCCC2)O1. The maximum absolute atomic E-state index is 6.50. The van der Waals surface area contributed by atoms with Crippen LogP contribution >= 0.6 is 0 Å². The maximum Gasteiger partial charge on any atom is 0.460 e. The molecule has 0 spiro atoms. The molecule has 1 saturated heterocycles. The van der Waals surface area contributed by atoms with E-state index in [-0.39, 0.29) is 7.12 Å². The fourth-order valence-corrected chi connectivity index (χ4v) is 4.64. The molecule has 2 saturated carbocycles. The molecular formula is C18H33BO2. The lowest BCUT2D eigenvalue weighted by atomic mass is 9.72. The first-order chi connectivity index (χ1) is 10.3. The van der Waals surface area contributed by atoms with Crippen LogP contribution in [0.2, 0.25) is 5.82 Å². The van der Waals surface area contributed by atoms with Gasteiger partial charge in [0.05, 0.1) is 12.2 Å². The monoisotopic (exact) mass is 292 g/mol. The van der Waals surface area contributed by atoms with Crippen molar-refractivity contribution in [2.24, 2.45) is 11.8 Å². The smallest absolute Gasteiger partial charge is 0.405 e. The largest absolute Gasteiger partial charge is 0.460 e. The summed E-state index contributed by atoms with van der Waals surface area (Å²) < 4.78 is 13.0. The summed E-state index contributed by atoms with van der Waals surface area (Å²) in [5.41, 5.74) is 0. The van der Waals surface area contributed by atoms with Gasteiger partial charge in [0.15, 0.2) is 0 Å². The Labute approximate surface area is 131 Å². The van der Waals surface area contributed by atoms with Crippen LogP contribution in [0.15, 0.2) is 0 Å². The summed E-state index contributed by atoms with van der Waals surface area (Å²) >= 11 is 0. The second kappa shape index (κ2) is 7.50. The highest BCUT2D eigenvalue weighted by Gasteiger charge is 2.48. The molecule has 3 atom stereocenters. The molecule has 0 unspecified atom stereocenters. The Kier molecular flexibility index (Phi) is 5.67. The third-order valence-corrected chi connectivity index (χ3v) is 6.24. The van der Waals surface area contributed by atoms with Crippen LogP contribution in [0, 0.1) is 11.8 Å². The summed E-state index contributed by atoms with van der Waals surface area (Å²) in [6, 6.07) is 0. The standard InChI is InChI=1S/C18H33BO2/c1-3-14(2)19-20-17(15-10-6-4-7-11-15)18(21-19)16-12-8-5-9-13-16/h14-18H,3-13H2,1-2H3/t14-,17-,18-/m1/s1. The van der Waals surface area contributed by atoms with Gasteiger partial charge in [-0.05, 0) is 43.3 Å². The predicted octanol–water partition coefficient (Wildman–Crippen LogP) is 5.22. The van der Waals surface area contributed by atoms with E-state index in [1.165, 1.54) is 64.2 Å². The van der Waals surface area contributed by atoms with Gasteiger partial charge in [-0.2, -0.15) is 0 Å². The normalized spacial score (nSPS) is 34.3. The van der Waals surface area contributed by atoms with Crippen LogP contribution in [0.4, 0.5) is 0 Å². The Hall–Kier alpha value is -0.0151. The van der Waals surface area contributed by atoms with Gasteiger partial charge in [0, 0.05) is 0 Å². The lowest BCUT2D eigenvalue weighted by Crippen LogP contribution is -2.38. The molecule has 0 bridgehead atoms. The minimum atomic E-state index is 0.0638. The fourth-order valence-electron chi connectivity index (χ4n) is 4.64. The molecule has 3 rings (SSSR count). The maximum atomic E-state index is 6.50. The van der Waals surface area contributed by atoms with Crippen molar-refractivity contribution in [2.75, 3.05) is 0 Å². The van der Waals surface area contributed by atoms with Crippen LogP contribution in [0.1, 0.15) is 84.5 Å². The molecule has 0 radical (unpaired) electrons. The van der Waals surface area contributed by atoms with Crippen molar-refractivity contribution in [3.05, 3.63) is 0 Å². The molecule has 0 amide bonds. The second-order valence-corrected chi connectivity index (χ2v) is 7.75. The van der Waals surface area contributed by atoms with E-state index in [9.17, 15) is 0 Å². The molecule has 2 aliphatic carbocycles. The third-order valence-electron chi connectivity index (χ3n) is 6.24. The summed E-state index contributed by atoms with van der Waals surface area (Å²) in [6.07, 6.45) is 15.8. The number of hydrogen-bond donors (Lipinski definition) is 0. The summed E-state index contributed by atoms with van der Waals surface area (Å²) in [7, 11) is 0.0638. The van der Waals surface area contributed by atoms with Gasteiger partial charge < -0.3 is 9.31 Å². The molecule has 0 aromatic rings. The van der Waals surface area contributed by atoms with E-state index in [0.717, 1.165) is 18.3 Å². The van der Waals surface area contributed by atoms with E-state index in [4.69, 9.17) is 9.31 Å². The van der Waals surface area contributed by atoms with Crippen molar-refractivity contribution < 1.29 is 9.31 Å². The molecule has 3 aliphatic rings. The van der Waals surface area contributed by atoms with Gasteiger partial charge in [-0.15, -0.1) is 0 Å². The molecule has 3 fully saturated rings. The van der Waals surface area contributed by atoms with Crippen LogP contribution in [0.5, 0.6) is 0 Å². The minimum Gasteiger partial charge on any atom is -0.405 e. The summed E-state index contributed by atoms with van der Waals surface area (Å²) in [5, 5.41) is 0. The highest BCUT2D eigenvalue weighted by Crippen LogP contribution is 2.42. The average molecular weight is 292 g/mol. The highest BCUT2D eigenvalue weighted by atomic mass is 16.7. The van der Waals surface area contributed by atoms with Crippen LogP contribution in [0.25, 0.3) is 0 Å². The van der Waals surface area contributed by atoms with Gasteiger partial charge in [-0.1, -0.05) is 58.8 Å².